The summed E-state index contributed by atoms with van der Waals surface area (Å²) in [4.78, 5) is 0. The van der Waals surface area contributed by atoms with E-state index in [1.54, 1.807) is 7.11 Å². The van der Waals surface area contributed by atoms with E-state index in [-0.39, 0.29) is 5.25 Å². The van der Waals surface area contributed by atoms with E-state index in [9.17, 15) is 0 Å². The summed E-state index contributed by atoms with van der Waals surface area (Å²) >= 11 is 8.01. The Morgan fingerprint density at radius 1 is 1.67 bits per heavy atom. The molecule has 1 N–H and O–H groups in total. The summed E-state index contributed by atoms with van der Waals surface area (Å²) in [6.07, 6.45) is -0.504. The van der Waals surface area contributed by atoms with E-state index in [0.29, 0.717) is 12.4 Å². The largest absolute Gasteiger partial charge is 0.390 e. The number of aliphatic hydroxyl groups is 1. The molecule has 0 aromatic heterocycles. The molecular weight excluding hydrogens is 156 g/mol. The van der Waals surface area contributed by atoms with Gasteiger partial charge in [-0.3, -0.25) is 0 Å². The first-order valence-electron chi connectivity index (χ1n) is 2.68. The van der Waals surface area contributed by atoms with Gasteiger partial charge in [-0.2, -0.15) is 25.3 Å². The Bertz CT molecular complexity index is 70.0. The topological polar surface area (TPSA) is 29.5 Å². The number of methoxy groups -OCH3 is 1. The maximum Gasteiger partial charge on any atom is 0.0897 e. The van der Waals surface area contributed by atoms with Gasteiger partial charge in [0.2, 0.25) is 0 Å². The molecule has 0 aromatic carbocycles. The van der Waals surface area contributed by atoms with Gasteiger partial charge in [0.15, 0.2) is 0 Å². The van der Waals surface area contributed by atoms with Crippen LogP contribution in [0.3, 0.4) is 0 Å². The number of aliphatic hydroxyl groups excluding tert-OH is 1. The van der Waals surface area contributed by atoms with Crippen molar-refractivity contribution in [2.45, 2.75) is 11.4 Å². The van der Waals surface area contributed by atoms with Crippen LogP contribution < -0.4 is 0 Å². The molecular formula is C5H12O2S2. The second-order valence-electron chi connectivity index (χ2n) is 1.77. The number of thiol groups is 2. The monoisotopic (exact) mass is 168 g/mol. The van der Waals surface area contributed by atoms with Gasteiger partial charge in [0.05, 0.1) is 12.7 Å². The van der Waals surface area contributed by atoms with Crippen LogP contribution in [0.1, 0.15) is 0 Å². The maximum absolute atomic E-state index is 9.07. The zero-order chi connectivity index (χ0) is 7.28. The molecule has 0 rings (SSSR count). The van der Waals surface area contributed by atoms with Crippen LogP contribution in [0.4, 0.5) is 0 Å². The Morgan fingerprint density at radius 3 is 2.56 bits per heavy atom. The average Bonchev–Trinajstić information content (AvgIpc) is 1.87. The van der Waals surface area contributed by atoms with Crippen LogP contribution >= 0.6 is 25.3 Å². The molecule has 0 heterocycles. The molecule has 0 bridgehead atoms. The van der Waals surface area contributed by atoms with Crippen molar-refractivity contribution in [3.63, 3.8) is 0 Å². The highest BCUT2D eigenvalue weighted by atomic mass is 32.1. The van der Waals surface area contributed by atoms with E-state index in [0.717, 1.165) is 0 Å². The molecule has 2 unspecified atom stereocenters. The lowest BCUT2D eigenvalue weighted by Gasteiger charge is -2.13. The van der Waals surface area contributed by atoms with Crippen LogP contribution in [0.2, 0.25) is 0 Å². The number of ether oxygens (including phenoxy) is 1. The molecule has 0 aliphatic rings. The minimum absolute atomic E-state index is 0.0896. The van der Waals surface area contributed by atoms with E-state index in [2.05, 4.69) is 25.3 Å². The Kier molecular flexibility index (Phi) is 5.78. The summed E-state index contributed by atoms with van der Waals surface area (Å²) in [5.41, 5.74) is 0. The third-order valence-corrected chi connectivity index (χ3v) is 2.18. The number of hydrogen-bond donors (Lipinski definition) is 3. The Morgan fingerprint density at radius 2 is 2.22 bits per heavy atom. The van der Waals surface area contributed by atoms with Crippen molar-refractivity contribution < 1.29 is 9.84 Å². The van der Waals surface area contributed by atoms with E-state index < -0.39 is 6.10 Å². The summed E-state index contributed by atoms with van der Waals surface area (Å²) in [6.45, 7) is 0.328. The molecule has 0 radical (unpaired) electrons. The zero-order valence-electron chi connectivity index (χ0n) is 5.32. The lowest BCUT2D eigenvalue weighted by molar-refractivity contribution is 0.0670. The van der Waals surface area contributed by atoms with Gasteiger partial charge in [-0.15, -0.1) is 0 Å². The average molecular weight is 168 g/mol. The first kappa shape index (κ1) is 9.62. The van der Waals surface area contributed by atoms with Gasteiger partial charge in [0.1, 0.15) is 0 Å². The Labute approximate surface area is 66.4 Å². The van der Waals surface area contributed by atoms with Gasteiger partial charge in [0.25, 0.3) is 0 Å². The van der Waals surface area contributed by atoms with Crippen LogP contribution in [0, 0.1) is 0 Å². The molecule has 0 aliphatic heterocycles. The molecule has 0 aromatic rings. The molecule has 4 heteroatoms. The van der Waals surface area contributed by atoms with Gasteiger partial charge in [0, 0.05) is 18.1 Å². The third-order valence-electron chi connectivity index (χ3n) is 0.969. The fraction of sp³-hybridized carbons (Fsp3) is 1.00. The second kappa shape index (κ2) is 5.41. The summed E-state index contributed by atoms with van der Waals surface area (Å²) < 4.78 is 4.69. The first-order chi connectivity index (χ1) is 4.22. The maximum atomic E-state index is 9.07. The predicted molar refractivity (Wildman–Crippen MR) is 44.5 cm³/mol. The van der Waals surface area contributed by atoms with Gasteiger partial charge < -0.3 is 9.84 Å². The molecule has 56 valence electrons. The SMILES string of the molecule is COCC(O)C(S)CS. The van der Waals surface area contributed by atoms with Crippen molar-refractivity contribution in [1.82, 2.24) is 0 Å². The highest BCUT2D eigenvalue weighted by molar-refractivity contribution is 7.84. The van der Waals surface area contributed by atoms with E-state index >= 15 is 0 Å². The fourth-order valence-electron chi connectivity index (χ4n) is 0.404. The summed E-state index contributed by atoms with van der Waals surface area (Å²) in [6, 6.07) is 0. The fourth-order valence-corrected chi connectivity index (χ4v) is 0.733. The molecule has 2 nitrogen and oxygen atoms in total. The molecule has 0 aliphatic carbocycles. The number of rotatable bonds is 4. The first-order valence-corrected chi connectivity index (χ1v) is 3.83. The van der Waals surface area contributed by atoms with Gasteiger partial charge in [-0.25, -0.2) is 0 Å². The molecule has 0 fully saturated rings. The molecule has 0 saturated heterocycles. The zero-order valence-corrected chi connectivity index (χ0v) is 7.11. The lowest BCUT2D eigenvalue weighted by Crippen LogP contribution is -2.27. The Balaban J connectivity index is 3.32. The highest BCUT2D eigenvalue weighted by Gasteiger charge is 2.11. The minimum atomic E-state index is -0.504. The molecule has 2 atom stereocenters. The lowest BCUT2D eigenvalue weighted by atomic mass is 10.3. The molecule has 0 saturated carbocycles. The van der Waals surface area contributed by atoms with Crippen LogP contribution in [0.5, 0.6) is 0 Å². The molecule has 0 amide bonds. The molecule has 9 heavy (non-hydrogen) atoms. The van der Waals surface area contributed by atoms with Crippen molar-refractivity contribution in [1.29, 1.82) is 0 Å². The van der Waals surface area contributed by atoms with Crippen LogP contribution in [-0.4, -0.2) is 35.9 Å². The summed E-state index contributed by atoms with van der Waals surface area (Å²) in [5.74, 6) is 0.563. The smallest absolute Gasteiger partial charge is 0.0897 e. The standard InChI is InChI=1S/C5H12O2S2/c1-7-2-4(6)5(9)3-8/h4-6,8-9H,2-3H2,1H3. The van der Waals surface area contributed by atoms with E-state index in [1.165, 1.54) is 0 Å². The normalized spacial score (nSPS) is 17.3. The Hall–Kier alpha value is 0.620. The van der Waals surface area contributed by atoms with E-state index in [4.69, 9.17) is 9.84 Å². The van der Waals surface area contributed by atoms with Crippen molar-refractivity contribution in [2.75, 3.05) is 19.5 Å². The highest BCUT2D eigenvalue weighted by Crippen LogP contribution is 2.03. The van der Waals surface area contributed by atoms with Crippen LogP contribution in [0.25, 0.3) is 0 Å². The van der Waals surface area contributed by atoms with Gasteiger partial charge in [-0.05, 0) is 0 Å². The summed E-state index contributed by atoms with van der Waals surface area (Å²) in [5, 5.41) is 8.98. The van der Waals surface area contributed by atoms with E-state index in [1.807, 2.05) is 0 Å². The second-order valence-corrected chi connectivity index (χ2v) is 2.80. The van der Waals surface area contributed by atoms with Crippen LogP contribution in [-0.2, 0) is 4.74 Å². The minimum Gasteiger partial charge on any atom is -0.390 e. The third kappa shape index (κ3) is 4.08. The van der Waals surface area contributed by atoms with Crippen LogP contribution in [0.15, 0.2) is 0 Å². The van der Waals surface area contributed by atoms with Crippen molar-refractivity contribution in [3.05, 3.63) is 0 Å². The summed E-state index contributed by atoms with van der Waals surface area (Å²) in [7, 11) is 1.54. The molecule has 0 spiro atoms. The quantitative estimate of drug-likeness (QED) is 0.524. The van der Waals surface area contributed by atoms with Crippen molar-refractivity contribution in [2.24, 2.45) is 0 Å². The van der Waals surface area contributed by atoms with Crippen molar-refractivity contribution in [3.8, 4) is 0 Å². The van der Waals surface area contributed by atoms with Gasteiger partial charge in [-0.1, -0.05) is 0 Å². The van der Waals surface area contributed by atoms with Gasteiger partial charge >= 0.3 is 0 Å². The van der Waals surface area contributed by atoms with Crippen molar-refractivity contribution >= 4 is 25.3 Å². The predicted octanol–water partition coefficient (Wildman–Crippen LogP) is 0.222. The number of hydrogen-bond acceptors (Lipinski definition) is 4.